The van der Waals surface area contributed by atoms with E-state index in [0.29, 0.717) is 6.54 Å². The molecule has 6 heteroatoms. The first-order chi connectivity index (χ1) is 8.02. The van der Waals surface area contributed by atoms with Gasteiger partial charge in [0.05, 0.1) is 0 Å². The smallest absolute Gasteiger partial charge is 0.314 e. The number of hydrogen-bond donors (Lipinski definition) is 1. The van der Waals surface area contributed by atoms with E-state index in [1.54, 1.807) is 0 Å². The van der Waals surface area contributed by atoms with E-state index in [-0.39, 0.29) is 23.1 Å². The second kappa shape index (κ2) is 5.36. The predicted molar refractivity (Wildman–Crippen MR) is 64.2 cm³/mol. The normalized spacial score (nSPS) is 25.6. The zero-order chi connectivity index (χ0) is 12.4. The van der Waals surface area contributed by atoms with Gasteiger partial charge in [0, 0.05) is 37.5 Å². The SMILES string of the molecule is FC(F)(F)SCCN1CCNCC12CCCC2. The van der Waals surface area contributed by atoms with Gasteiger partial charge in [-0.05, 0) is 24.6 Å². The van der Waals surface area contributed by atoms with Gasteiger partial charge in [-0.1, -0.05) is 12.8 Å². The molecule has 0 aromatic heterocycles. The molecule has 100 valence electrons. The topological polar surface area (TPSA) is 15.3 Å². The van der Waals surface area contributed by atoms with E-state index in [1.807, 2.05) is 0 Å². The molecule has 1 N–H and O–H groups in total. The number of piperazine rings is 1. The van der Waals surface area contributed by atoms with Crippen molar-refractivity contribution in [3.63, 3.8) is 0 Å². The number of alkyl halides is 3. The summed E-state index contributed by atoms with van der Waals surface area (Å²) in [7, 11) is 0. The highest BCUT2D eigenvalue weighted by molar-refractivity contribution is 8.00. The van der Waals surface area contributed by atoms with Crippen LogP contribution in [0.3, 0.4) is 0 Å². The number of thioether (sulfide) groups is 1. The van der Waals surface area contributed by atoms with Gasteiger partial charge in [0.15, 0.2) is 0 Å². The third-order valence-electron chi connectivity index (χ3n) is 3.84. The fraction of sp³-hybridized carbons (Fsp3) is 1.00. The summed E-state index contributed by atoms with van der Waals surface area (Å²) in [6, 6.07) is 0. The number of nitrogens with one attached hydrogen (secondary N) is 1. The fourth-order valence-corrected chi connectivity index (χ4v) is 3.57. The lowest BCUT2D eigenvalue weighted by Crippen LogP contribution is -2.60. The highest BCUT2D eigenvalue weighted by Gasteiger charge is 2.41. The molecule has 17 heavy (non-hydrogen) atoms. The zero-order valence-corrected chi connectivity index (χ0v) is 10.7. The van der Waals surface area contributed by atoms with Crippen LogP contribution in [0, 0.1) is 0 Å². The van der Waals surface area contributed by atoms with E-state index in [9.17, 15) is 13.2 Å². The van der Waals surface area contributed by atoms with E-state index < -0.39 is 5.51 Å². The molecule has 2 nitrogen and oxygen atoms in total. The summed E-state index contributed by atoms with van der Waals surface area (Å²) in [6.45, 7) is 3.30. The molecule has 1 aliphatic heterocycles. The van der Waals surface area contributed by atoms with Gasteiger partial charge < -0.3 is 5.32 Å². The lowest BCUT2D eigenvalue weighted by atomic mass is 9.93. The van der Waals surface area contributed by atoms with Crippen molar-refractivity contribution < 1.29 is 13.2 Å². The fourth-order valence-electron chi connectivity index (χ4n) is 3.03. The molecule has 1 saturated heterocycles. The molecular formula is C11H19F3N2S. The summed E-state index contributed by atoms with van der Waals surface area (Å²) in [4.78, 5) is 2.29. The van der Waals surface area contributed by atoms with Crippen molar-refractivity contribution >= 4 is 11.8 Å². The van der Waals surface area contributed by atoms with Crippen molar-refractivity contribution in [2.75, 3.05) is 31.9 Å². The first kappa shape index (κ1) is 13.5. The maximum absolute atomic E-state index is 12.1. The average molecular weight is 268 g/mol. The molecule has 0 aromatic rings. The zero-order valence-electron chi connectivity index (χ0n) is 9.85. The Hall–Kier alpha value is 0.0600. The largest absolute Gasteiger partial charge is 0.441 e. The van der Waals surface area contributed by atoms with Crippen molar-refractivity contribution in [3.8, 4) is 0 Å². The summed E-state index contributed by atoms with van der Waals surface area (Å²) in [5.74, 6) is 0.158. The van der Waals surface area contributed by atoms with Crippen molar-refractivity contribution in [2.24, 2.45) is 0 Å². The number of rotatable bonds is 3. The number of nitrogens with zero attached hydrogens (tertiary/aromatic N) is 1. The Balaban J connectivity index is 1.85. The number of hydrogen-bond acceptors (Lipinski definition) is 3. The Kier molecular flexibility index (Phi) is 4.26. The van der Waals surface area contributed by atoms with Gasteiger partial charge in [0.1, 0.15) is 0 Å². The van der Waals surface area contributed by atoms with Crippen LogP contribution in [-0.2, 0) is 0 Å². The van der Waals surface area contributed by atoms with Crippen LogP contribution < -0.4 is 5.32 Å². The molecule has 0 aromatic carbocycles. The Morgan fingerprint density at radius 2 is 1.94 bits per heavy atom. The van der Waals surface area contributed by atoms with Crippen LogP contribution >= 0.6 is 11.8 Å². The van der Waals surface area contributed by atoms with Crippen LogP contribution in [0.1, 0.15) is 25.7 Å². The maximum atomic E-state index is 12.1. The van der Waals surface area contributed by atoms with Crippen LogP contribution in [0.4, 0.5) is 13.2 Å². The van der Waals surface area contributed by atoms with Gasteiger partial charge in [-0.3, -0.25) is 4.90 Å². The quantitative estimate of drug-likeness (QED) is 0.846. The molecule has 1 spiro atoms. The van der Waals surface area contributed by atoms with E-state index in [4.69, 9.17) is 0 Å². The summed E-state index contributed by atoms with van der Waals surface area (Å²) in [6.07, 6.45) is 4.70. The van der Waals surface area contributed by atoms with Gasteiger partial charge in [-0.2, -0.15) is 13.2 Å². The third-order valence-corrected chi connectivity index (χ3v) is 4.56. The van der Waals surface area contributed by atoms with Gasteiger partial charge in [-0.25, -0.2) is 0 Å². The molecule has 0 amide bonds. The van der Waals surface area contributed by atoms with Gasteiger partial charge in [0.25, 0.3) is 0 Å². The second-order valence-electron chi connectivity index (χ2n) is 4.89. The van der Waals surface area contributed by atoms with E-state index >= 15 is 0 Å². The van der Waals surface area contributed by atoms with Gasteiger partial charge >= 0.3 is 5.51 Å². The van der Waals surface area contributed by atoms with Crippen molar-refractivity contribution in [3.05, 3.63) is 0 Å². The Labute approximate surface area is 104 Å². The standard InChI is InChI=1S/C11H19F3N2S/c12-11(13,14)17-8-7-16-6-5-15-9-10(16)3-1-2-4-10/h15H,1-9H2. The Morgan fingerprint density at radius 3 is 2.59 bits per heavy atom. The Morgan fingerprint density at radius 1 is 1.24 bits per heavy atom. The summed E-state index contributed by atoms with van der Waals surface area (Å²) in [5.41, 5.74) is -3.93. The maximum Gasteiger partial charge on any atom is 0.441 e. The van der Waals surface area contributed by atoms with E-state index in [0.717, 1.165) is 32.5 Å². The minimum absolute atomic E-state index is 0.107. The van der Waals surface area contributed by atoms with Crippen molar-refractivity contribution in [1.29, 1.82) is 0 Å². The predicted octanol–water partition coefficient (Wildman–Crippen LogP) is 2.46. The Bertz CT molecular complexity index is 252. The monoisotopic (exact) mass is 268 g/mol. The second-order valence-corrected chi connectivity index (χ2v) is 6.05. The van der Waals surface area contributed by atoms with Gasteiger partial charge in [0.2, 0.25) is 0 Å². The summed E-state index contributed by atoms with van der Waals surface area (Å²) < 4.78 is 36.3. The van der Waals surface area contributed by atoms with Crippen LogP contribution in [0.5, 0.6) is 0 Å². The van der Waals surface area contributed by atoms with Crippen LogP contribution in [0.15, 0.2) is 0 Å². The van der Waals surface area contributed by atoms with Crippen LogP contribution in [0.25, 0.3) is 0 Å². The third kappa shape index (κ3) is 3.51. The molecule has 2 rings (SSSR count). The van der Waals surface area contributed by atoms with Gasteiger partial charge in [-0.15, -0.1) is 0 Å². The molecule has 2 aliphatic rings. The highest BCUT2D eigenvalue weighted by atomic mass is 32.2. The lowest BCUT2D eigenvalue weighted by Gasteiger charge is -2.45. The molecule has 1 saturated carbocycles. The molecule has 0 bridgehead atoms. The van der Waals surface area contributed by atoms with Crippen molar-refractivity contribution in [2.45, 2.75) is 36.7 Å². The molecule has 1 heterocycles. The van der Waals surface area contributed by atoms with E-state index in [1.165, 1.54) is 12.8 Å². The number of halogens is 3. The lowest BCUT2D eigenvalue weighted by molar-refractivity contribution is -0.0331. The first-order valence-corrected chi connectivity index (χ1v) is 7.17. The molecule has 1 aliphatic carbocycles. The minimum atomic E-state index is -4.09. The van der Waals surface area contributed by atoms with Crippen LogP contribution in [-0.4, -0.2) is 47.9 Å². The van der Waals surface area contributed by atoms with Crippen LogP contribution in [0.2, 0.25) is 0 Å². The summed E-state index contributed by atoms with van der Waals surface area (Å²) in [5, 5.41) is 3.38. The minimum Gasteiger partial charge on any atom is -0.314 e. The molecule has 0 atom stereocenters. The molecule has 2 fully saturated rings. The van der Waals surface area contributed by atoms with E-state index in [2.05, 4.69) is 10.2 Å². The molecule has 0 unspecified atom stereocenters. The highest BCUT2D eigenvalue weighted by Crippen LogP contribution is 2.37. The molecule has 0 radical (unpaired) electrons. The molecular weight excluding hydrogens is 249 g/mol. The summed E-state index contributed by atoms with van der Waals surface area (Å²) >= 11 is 0.107. The van der Waals surface area contributed by atoms with Crippen molar-refractivity contribution in [1.82, 2.24) is 10.2 Å². The average Bonchev–Trinajstić information content (AvgIpc) is 2.69. The first-order valence-electron chi connectivity index (χ1n) is 6.18.